The minimum atomic E-state index is -0.298. The van der Waals surface area contributed by atoms with Crippen molar-refractivity contribution in [2.75, 3.05) is 24.9 Å². The van der Waals surface area contributed by atoms with E-state index in [0.29, 0.717) is 23.9 Å². The van der Waals surface area contributed by atoms with Gasteiger partial charge in [-0.1, -0.05) is 24.3 Å². The van der Waals surface area contributed by atoms with E-state index in [4.69, 9.17) is 9.47 Å². The third-order valence-corrected chi connectivity index (χ3v) is 4.20. The molecule has 2 N–H and O–H groups in total. The van der Waals surface area contributed by atoms with Crippen LogP contribution in [0.5, 0.6) is 11.5 Å². The number of nitrogens with zero attached hydrogens (tertiary/aromatic N) is 2. The smallest absolute Gasteiger partial charge is 0.275 e. The normalized spacial score (nSPS) is 10.2. The lowest BCUT2D eigenvalue weighted by Gasteiger charge is -2.11. The Labute approximate surface area is 163 Å². The number of benzene rings is 2. The van der Waals surface area contributed by atoms with Crippen molar-refractivity contribution in [2.45, 2.75) is 13.5 Å². The van der Waals surface area contributed by atoms with Crippen LogP contribution in [0.15, 0.2) is 54.9 Å². The van der Waals surface area contributed by atoms with Gasteiger partial charge in [-0.2, -0.15) is 0 Å². The van der Waals surface area contributed by atoms with Crippen molar-refractivity contribution in [2.24, 2.45) is 0 Å². The fraction of sp³-hybridized carbons (Fsp3) is 0.190. The molecule has 0 aliphatic rings. The van der Waals surface area contributed by atoms with E-state index in [0.717, 1.165) is 16.8 Å². The van der Waals surface area contributed by atoms with Crippen molar-refractivity contribution in [3.8, 4) is 11.5 Å². The van der Waals surface area contributed by atoms with Crippen LogP contribution in [0.1, 0.15) is 21.6 Å². The summed E-state index contributed by atoms with van der Waals surface area (Å²) < 4.78 is 10.5. The molecule has 0 spiro atoms. The summed E-state index contributed by atoms with van der Waals surface area (Å²) in [5, 5.41) is 6.01. The molecule has 3 aromatic rings. The molecule has 0 saturated carbocycles. The molecule has 3 rings (SSSR count). The van der Waals surface area contributed by atoms with Gasteiger partial charge in [-0.25, -0.2) is 9.97 Å². The van der Waals surface area contributed by atoms with Crippen molar-refractivity contribution >= 4 is 17.4 Å². The molecule has 2 aromatic carbocycles. The van der Waals surface area contributed by atoms with Gasteiger partial charge in [0.1, 0.15) is 11.5 Å². The zero-order valence-corrected chi connectivity index (χ0v) is 16.0. The largest absolute Gasteiger partial charge is 0.493 e. The molecule has 28 heavy (non-hydrogen) atoms. The molecule has 0 fully saturated rings. The van der Waals surface area contributed by atoms with E-state index in [-0.39, 0.29) is 11.6 Å². The SMILES string of the molecule is COc1ccc(CNc2cnc(C(=O)Nc3ccccc3C)cn2)cc1OC. The number of hydrogen-bond donors (Lipinski definition) is 2. The van der Waals surface area contributed by atoms with Gasteiger partial charge >= 0.3 is 0 Å². The number of para-hydroxylation sites is 1. The highest BCUT2D eigenvalue weighted by Crippen LogP contribution is 2.27. The van der Waals surface area contributed by atoms with Crippen molar-refractivity contribution < 1.29 is 14.3 Å². The van der Waals surface area contributed by atoms with Crippen LogP contribution in [0, 0.1) is 6.92 Å². The minimum Gasteiger partial charge on any atom is -0.493 e. The Morgan fingerprint density at radius 3 is 2.46 bits per heavy atom. The molecule has 0 unspecified atom stereocenters. The Morgan fingerprint density at radius 2 is 1.79 bits per heavy atom. The Bertz CT molecular complexity index is 958. The van der Waals surface area contributed by atoms with Crippen molar-refractivity contribution in [1.82, 2.24) is 9.97 Å². The molecule has 0 saturated heterocycles. The molecule has 0 bridgehead atoms. The zero-order chi connectivity index (χ0) is 19.9. The zero-order valence-electron chi connectivity index (χ0n) is 16.0. The maximum absolute atomic E-state index is 12.3. The second kappa shape index (κ2) is 8.85. The second-order valence-electron chi connectivity index (χ2n) is 6.10. The van der Waals surface area contributed by atoms with Gasteiger partial charge in [0, 0.05) is 12.2 Å². The highest BCUT2D eigenvalue weighted by molar-refractivity contribution is 6.03. The van der Waals surface area contributed by atoms with Gasteiger partial charge in [0.2, 0.25) is 0 Å². The van der Waals surface area contributed by atoms with Crippen LogP contribution in [0.25, 0.3) is 0 Å². The van der Waals surface area contributed by atoms with Gasteiger partial charge in [-0.15, -0.1) is 0 Å². The number of carbonyl (C=O) groups excluding carboxylic acids is 1. The first-order valence-corrected chi connectivity index (χ1v) is 8.74. The highest BCUT2D eigenvalue weighted by atomic mass is 16.5. The van der Waals surface area contributed by atoms with E-state index in [1.807, 2.05) is 49.4 Å². The second-order valence-corrected chi connectivity index (χ2v) is 6.10. The monoisotopic (exact) mass is 378 g/mol. The Kier molecular flexibility index (Phi) is 6.06. The van der Waals surface area contributed by atoms with Gasteiger partial charge < -0.3 is 20.1 Å². The summed E-state index contributed by atoms with van der Waals surface area (Å²) in [4.78, 5) is 20.8. The van der Waals surface area contributed by atoms with Crippen LogP contribution >= 0.6 is 0 Å². The molecular formula is C21H22N4O3. The number of carbonyl (C=O) groups is 1. The van der Waals surface area contributed by atoms with Crippen molar-refractivity contribution in [1.29, 1.82) is 0 Å². The third kappa shape index (κ3) is 4.56. The maximum Gasteiger partial charge on any atom is 0.275 e. The van der Waals surface area contributed by atoms with Gasteiger partial charge in [0.25, 0.3) is 5.91 Å². The Hall–Kier alpha value is -3.61. The molecule has 7 heteroatoms. The standard InChI is InChI=1S/C21H22N4O3/c1-14-6-4-5-7-16(14)25-21(26)17-12-24-20(13-22-17)23-11-15-8-9-18(27-2)19(10-15)28-3/h4-10,12-13H,11H2,1-3H3,(H,23,24)(H,25,26). The summed E-state index contributed by atoms with van der Waals surface area (Å²) in [6.07, 6.45) is 2.98. The summed E-state index contributed by atoms with van der Waals surface area (Å²) in [7, 11) is 3.20. The number of aromatic nitrogens is 2. The summed E-state index contributed by atoms with van der Waals surface area (Å²) in [6.45, 7) is 2.46. The predicted octanol–water partition coefficient (Wildman–Crippen LogP) is 3.67. The number of methoxy groups -OCH3 is 2. The molecule has 0 atom stereocenters. The molecule has 144 valence electrons. The van der Waals surface area contributed by atoms with Crippen molar-refractivity contribution in [3.63, 3.8) is 0 Å². The molecule has 0 radical (unpaired) electrons. The molecular weight excluding hydrogens is 356 g/mol. The molecule has 1 aromatic heterocycles. The van der Waals surface area contributed by atoms with Gasteiger partial charge in [-0.3, -0.25) is 4.79 Å². The van der Waals surface area contributed by atoms with Crippen LogP contribution in [-0.2, 0) is 6.54 Å². The van der Waals surface area contributed by atoms with E-state index in [2.05, 4.69) is 20.6 Å². The third-order valence-electron chi connectivity index (χ3n) is 4.20. The van der Waals surface area contributed by atoms with Crippen LogP contribution in [0.2, 0.25) is 0 Å². The minimum absolute atomic E-state index is 0.250. The molecule has 1 heterocycles. The first-order chi connectivity index (χ1) is 13.6. The average molecular weight is 378 g/mol. The number of amides is 1. The number of aryl methyl sites for hydroxylation is 1. The lowest BCUT2D eigenvalue weighted by molar-refractivity contribution is 0.102. The highest BCUT2D eigenvalue weighted by Gasteiger charge is 2.10. The van der Waals surface area contributed by atoms with Gasteiger partial charge in [0.05, 0.1) is 26.6 Å². The topological polar surface area (TPSA) is 85.4 Å². The van der Waals surface area contributed by atoms with E-state index < -0.39 is 0 Å². The van der Waals surface area contributed by atoms with E-state index in [1.54, 1.807) is 14.2 Å². The van der Waals surface area contributed by atoms with E-state index >= 15 is 0 Å². The van der Waals surface area contributed by atoms with Gasteiger partial charge in [-0.05, 0) is 36.2 Å². The van der Waals surface area contributed by atoms with Crippen molar-refractivity contribution in [3.05, 3.63) is 71.7 Å². The van der Waals surface area contributed by atoms with Crippen LogP contribution in [-0.4, -0.2) is 30.1 Å². The average Bonchev–Trinajstić information content (AvgIpc) is 2.74. The molecule has 0 aliphatic carbocycles. The van der Waals surface area contributed by atoms with E-state index in [1.165, 1.54) is 12.4 Å². The number of nitrogens with one attached hydrogen (secondary N) is 2. The fourth-order valence-electron chi connectivity index (χ4n) is 2.62. The Balaban J connectivity index is 1.61. The molecule has 7 nitrogen and oxygen atoms in total. The summed E-state index contributed by atoms with van der Waals surface area (Å²) in [6, 6.07) is 13.2. The Morgan fingerprint density at radius 1 is 1.00 bits per heavy atom. The fourth-order valence-corrected chi connectivity index (χ4v) is 2.62. The molecule has 1 amide bonds. The van der Waals surface area contributed by atoms with Crippen LogP contribution in [0.4, 0.5) is 11.5 Å². The number of anilines is 2. The number of ether oxygens (including phenoxy) is 2. The lowest BCUT2D eigenvalue weighted by atomic mass is 10.2. The predicted molar refractivity (Wildman–Crippen MR) is 108 cm³/mol. The lowest BCUT2D eigenvalue weighted by Crippen LogP contribution is -2.15. The number of rotatable bonds is 7. The van der Waals surface area contributed by atoms with E-state index in [9.17, 15) is 4.79 Å². The summed E-state index contributed by atoms with van der Waals surface area (Å²) in [5.41, 5.74) is 2.99. The first kappa shape index (κ1) is 19.2. The van der Waals surface area contributed by atoms with Gasteiger partial charge in [0.15, 0.2) is 11.5 Å². The summed E-state index contributed by atoms with van der Waals surface area (Å²) >= 11 is 0. The molecule has 0 aliphatic heterocycles. The van der Waals surface area contributed by atoms with Crippen LogP contribution in [0.3, 0.4) is 0 Å². The van der Waals surface area contributed by atoms with Crippen LogP contribution < -0.4 is 20.1 Å². The summed E-state index contributed by atoms with van der Waals surface area (Å²) in [5.74, 6) is 1.61. The number of hydrogen-bond acceptors (Lipinski definition) is 6. The maximum atomic E-state index is 12.3. The first-order valence-electron chi connectivity index (χ1n) is 8.74. The quantitative estimate of drug-likeness (QED) is 0.653.